The third kappa shape index (κ3) is 3.33. The van der Waals surface area contributed by atoms with Gasteiger partial charge in [-0.1, -0.05) is 24.3 Å². The summed E-state index contributed by atoms with van der Waals surface area (Å²) in [6.07, 6.45) is 1.47. The van der Waals surface area contributed by atoms with Gasteiger partial charge in [0.05, 0.1) is 16.1 Å². The Balaban J connectivity index is 1.17. The lowest BCUT2D eigenvalue weighted by molar-refractivity contribution is -0.150. The maximum absolute atomic E-state index is 12.5. The standard InChI is InChI=1S/C21H19N3O3S/c25-20(26-13-19-22-16-6-2-4-8-18(16)28-19)14-9-11-24(12-10-14)21-23-15-5-1-3-7-17(15)27-21/h1-8,14H,9-13H2. The summed E-state index contributed by atoms with van der Waals surface area (Å²) in [7, 11) is 0. The number of oxazole rings is 1. The SMILES string of the molecule is O=C(OCc1nc2ccccc2s1)C1CCN(c2nc3ccccc3o2)CC1. The number of piperidine rings is 1. The molecule has 28 heavy (non-hydrogen) atoms. The van der Waals surface area contributed by atoms with E-state index in [9.17, 15) is 4.79 Å². The zero-order valence-corrected chi connectivity index (χ0v) is 16.0. The van der Waals surface area contributed by atoms with Crippen LogP contribution in [0.5, 0.6) is 0 Å². The molecule has 7 heteroatoms. The van der Waals surface area contributed by atoms with Crippen molar-refractivity contribution < 1.29 is 13.9 Å². The number of esters is 1. The summed E-state index contributed by atoms with van der Waals surface area (Å²) in [6.45, 7) is 1.70. The van der Waals surface area contributed by atoms with Crippen molar-refractivity contribution in [2.24, 2.45) is 5.92 Å². The van der Waals surface area contributed by atoms with Crippen LogP contribution in [0.1, 0.15) is 17.8 Å². The van der Waals surface area contributed by atoms with E-state index in [1.807, 2.05) is 48.5 Å². The summed E-state index contributed by atoms with van der Waals surface area (Å²) >= 11 is 1.57. The van der Waals surface area contributed by atoms with E-state index in [4.69, 9.17) is 9.15 Å². The Morgan fingerprint density at radius 1 is 1.07 bits per heavy atom. The minimum atomic E-state index is -0.142. The molecular formula is C21H19N3O3S. The summed E-state index contributed by atoms with van der Waals surface area (Å²) in [5.74, 6) is -0.230. The van der Waals surface area contributed by atoms with Crippen LogP contribution in [-0.2, 0) is 16.1 Å². The maximum Gasteiger partial charge on any atom is 0.309 e. The van der Waals surface area contributed by atoms with Crippen LogP contribution in [-0.4, -0.2) is 29.0 Å². The van der Waals surface area contributed by atoms with E-state index in [0.29, 0.717) is 6.01 Å². The molecule has 142 valence electrons. The fourth-order valence-electron chi connectivity index (χ4n) is 3.53. The van der Waals surface area contributed by atoms with Crippen LogP contribution in [0.15, 0.2) is 52.9 Å². The van der Waals surface area contributed by atoms with Gasteiger partial charge in [0.1, 0.15) is 17.1 Å². The Morgan fingerprint density at radius 2 is 1.82 bits per heavy atom. The van der Waals surface area contributed by atoms with E-state index in [2.05, 4.69) is 14.9 Å². The second kappa shape index (κ2) is 7.24. The Bertz CT molecular complexity index is 1060. The predicted octanol–water partition coefficient (Wildman–Crippen LogP) is 4.40. The molecule has 0 saturated carbocycles. The van der Waals surface area contributed by atoms with Crippen molar-refractivity contribution in [2.75, 3.05) is 18.0 Å². The third-order valence-electron chi connectivity index (χ3n) is 5.06. The number of ether oxygens (including phenoxy) is 1. The Hall–Kier alpha value is -2.93. The van der Waals surface area contributed by atoms with Crippen molar-refractivity contribution >= 4 is 44.6 Å². The molecule has 1 aliphatic rings. The maximum atomic E-state index is 12.5. The summed E-state index contributed by atoms with van der Waals surface area (Å²) in [6, 6.07) is 16.3. The quantitative estimate of drug-likeness (QED) is 0.479. The monoisotopic (exact) mass is 393 g/mol. The molecule has 0 aliphatic carbocycles. The first kappa shape index (κ1) is 17.2. The van der Waals surface area contributed by atoms with E-state index in [-0.39, 0.29) is 18.5 Å². The Labute approximate surface area is 165 Å². The topological polar surface area (TPSA) is 68.5 Å². The van der Waals surface area contributed by atoms with Gasteiger partial charge in [-0.2, -0.15) is 4.98 Å². The normalized spacial score (nSPS) is 15.4. The van der Waals surface area contributed by atoms with Gasteiger partial charge in [0.15, 0.2) is 5.58 Å². The molecule has 2 aromatic carbocycles. The number of nitrogens with zero attached hydrogens (tertiary/aromatic N) is 3. The molecule has 0 amide bonds. The van der Waals surface area contributed by atoms with Crippen molar-refractivity contribution in [1.29, 1.82) is 0 Å². The van der Waals surface area contributed by atoms with E-state index in [1.165, 1.54) is 0 Å². The van der Waals surface area contributed by atoms with E-state index in [1.54, 1.807) is 11.3 Å². The molecule has 0 unspecified atom stereocenters. The molecule has 0 N–H and O–H groups in total. The Morgan fingerprint density at radius 3 is 2.61 bits per heavy atom. The zero-order chi connectivity index (χ0) is 18.9. The first-order valence-electron chi connectivity index (χ1n) is 9.38. The number of para-hydroxylation sites is 3. The van der Waals surface area contributed by atoms with Crippen molar-refractivity contribution in [1.82, 2.24) is 9.97 Å². The fraction of sp³-hybridized carbons (Fsp3) is 0.286. The van der Waals surface area contributed by atoms with Gasteiger partial charge >= 0.3 is 5.97 Å². The van der Waals surface area contributed by atoms with Gasteiger partial charge in [-0.05, 0) is 37.1 Å². The van der Waals surface area contributed by atoms with Crippen LogP contribution < -0.4 is 4.90 Å². The van der Waals surface area contributed by atoms with Crippen molar-refractivity contribution in [3.8, 4) is 0 Å². The van der Waals surface area contributed by atoms with Gasteiger partial charge < -0.3 is 14.1 Å². The average molecular weight is 393 g/mol. The predicted molar refractivity (Wildman–Crippen MR) is 108 cm³/mol. The first-order valence-corrected chi connectivity index (χ1v) is 10.2. The molecule has 0 bridgehead atoms. The molecule has 0 atom stereocenters. The van der Waals surface area contributed by atoms with Crippen molar-refractivity contribution in [3.63, 3.8) is 0 Å². The molecule has 0 radical (unpaired) electrons. The minimum Gasteiger partial charge on any atom is -0.458 e. The molecule has 2 aromatic heterocycles. The van der Waals surface area contributed by atoms with Crippen LogP contribution in [0.2, 0.25) is 0 Å². The fourth-order valence-corrected chi connectivity index (χ4v) is 4.41. The number of thiazole rings is 1. The van der Waals surface area contributed by atoms with Gasteiger partial charge in [0.25, 0.3) is 6.01 Å². The van der Waals surface area contributed by atoms with Crippen LogP contribution in [0.3, 0.4) is 0 Å². The number of rotatable bonds is 4. The molecular weight excluding hydrogens is 374 g/mol. The van der Waals surface area contributed by atoms with Crippen molar-refractivity contribution in [3.05, 3.63) is 53.5 Å². The van der Waals surface area contributed by atoms with Gasteiger partial charge in [-0.25, -0.2) is 4.98 Å². The highest BCUT2D eigenvalue weighted by Gasteiger charge is 2.28. The van der Waals surface area contributed by atoms with Crippen molar-refractivity contribution in [2.45, 2.75) is 19.4 Å². The number of fused-ring (bicyclic) bond motifs is 2. The molecule has 1 aliphatic heterocycles. The van der Waals surface area contributed by atoms with Gasteiger partial charge in [-0.3, -0.25) is 4.79 Å². The smallest absolute Gasteiger partial charge is 0.309 e. The minimum absolute atomic E-state index is 0.0880. The molecule has 3 heterocycles. The van der Waals surface area contributed by atoms with Gasteiger partial charge in [0.2, 0.25) is 0 Å². The number of aromatic nitrogens is 2. The van der Waals surface area contributed by atoms with E-state index < -0.39 is 0 Å². The largest absolute Gasteiger partial charge is 0.458 e. The lowest BCUT2D eigenvalue weighted by atomic mass is 9.97. The highest BCUT2D eigenvalue weighted by atomic mass is 32.1. The average Bonchev–Trinajstić information content (AvgIpc) is 3.35. The number of anilines is 1. The second-order valence-corrected chi connectivity index (χ2v) is 8.02. The first-order chi connectivity index (χ1) is 13.8. The molecule has 1 fully saturated rings. The van der Waals surface area contributed by atoms with Crippen LogP contribution in [0.25, 0.3) is 21.3 Å². The van der Waals surface area contributed by atoms with Gasteiger partial charge in [0, 0.05) is 13.1 Å². The molecule has 1 saturated heterocycles. The van der Waals surface area contributed by atoms with Gasteiger partial charge in [-0.15, -0.1) is 11.3 Å². The molecule has 5 rings (SSSR count). The third-order valence-corrected chi connectivity index (χ3v) is 6.07. The number of hydrogen-bond donors (Lipinski definition) is 0. The van der Waals surface area contributed by atoms with Crippen LogP contribution in [0.4, 0.5) is 6.01 Å². The van der Waals surface area contributed by atoms with Crippen LogP contribution >= 0.6 is 11.3 Å². The highest BCUT2D eigenvalue weighted by molar-refractivity contribution is 7.18. The number of carbonyl (C=O) groups is 1. The summed E-state index contributed by atoms with van der Waals surface area (Å²) < 4.78 is 12.5. The number of hydrogen-bond acceptors (Lipinski definition) is 7. The second-order valence-electron chi connectivity index (χ2n) is 6.91. The lowest BCUT2D eigenvalue weighted by Gasteiger charge is -2.29. The summed E-state index contributed by atoms with van der Waals surface area (Å²) in [5, 5.41) is 0.832. The Kier molecular flexibility index (Phi) is 4.44. The molecule has 0 spiro atoms. The molecule has 4 aromatic rings. The van der Waals surface area contributed by atoms with E-state index >= 15 is 0 Å². The lowest BCUT2D eigenvalue weighted by Crippen LogP contribution is -2.37. The van der Waals surface area contributed by atoms with Crippen LogP contribution in [0, 0.1) is 5.92 Å². The number of benzene rings is 2. The number of carbonyl (C=O) groups excluding carboxylic acids is 1. The summed E-state index contributed by atoms with van der Waals surface area (Å²) in [4.78, 5) is 23.6. The zero-order valence-electron chi connectivity index (χ0n) is 15.2. The highest BCUT2D eigenvalue weighted by Crippen LogP contribution is 2.27. The summed E-state index contributed by atoms with van der Waals surface area (Å²) in [5.41, 5.74) is 2.59. The van der Waals surface area contributed by atoms with E-state index in [0.717, 1.165) is 52.3 Å². The molecule has 6 nitrogen and oxygen atoms in total.